The molecular weight excluding hydrogens is 214 g/mol. The lowest BCUT2D eigenvalue weighted by molar-refractivity contribution is 0.386. The number of hydrogen-bond acceptors (Lipinski definition) is 3. The molecule has 3 heteroatoms. The lowest BCUT2D eigenvalue weighted by Gasteiger charge is -2.24. The Bertz CT molecular complexity index is 384. The second-order valence-corrected chi connectivity index (χ2v) is 4.80. The van der Waals surface area contributed by atoms with Crippen LogP contribution in [-0.2, 0) is 6.42 Å². The molecule has 0 spiro atoms. The summed E-state index contributed by atoms with van der Waals surface area (Å²) < 4.78 is 5.30. The first-order valence-electron chi connectivity index (χ1n) is 6.30. The minimum Gasteiger partial charge on any atom is -0.508 e. The van der Waals surface area contributed by atoms with Gasteiger partial charge in [0.15, 0.2) is 0 Å². The van der Waals surface area contributed by atoms with Gasteiger partial charge >= 0.3 is 0 Å². The van der Waals surface area contributed by atoms with Crippen molar-refractivity contribution < 1.29 is 9.84 Å². The summed E-state index contributed by atoms with van der Waals surface area (Å²) in [6.45, 7) is 3.04. The van der Waals surface area contributed by atoms with Crippen molar-refractivity contribution in [3.05, 3.63) is 23.3 Å². The van der Waals surface area contributed by atoms with E-state index in [1.54, 1.807) is 13.2 Å². The van der Waals surface area contributed by atoms with E-state index >= 15 is 0 Å². The summed E-state index contributed by atoms with van der Waals surface area (Å²) in [7, 11) is 1.67. The molecule has 0 aliphatic carbocycles. The molecule has 0 saturated carbocycles. The van der Waals surface area contributed by atoms with Crippen LogP contribution in [0, 0.1) is 6.92 Å². The van der Waals surface area contributed by atoms with Crippen LogP contribution in [-0.4, -0.2) is 24.8 Å². The number of benzene rings is 1. The van der Waals surface area contributed by atoms with E-state index in [0.717, 1.165) is 29.8 Å². The summed E-state index contributed by atoms with van der Waals surface area (Å²) in [5.41, 5.74) is 1.96. The van der Waals surface area contributed by atoms with E-state index in [2.05, 4.69) is 5.32 Å². The number of phenols is 1. The topological polar surface area (TPSA) is 41.5 Å². The first kappa shape index (κ1) is 12.2. The maximum Gasteiger partial charge on any atom is 0.122 e. The Morgan fingerprint density at radius 3 is 2.88 bits per heavy atom. The average molecular weight is 235 g/mol. The van der Waals surface area contributed by atoms with E-state index < -0.39 is 0 Å². The zero-order valence-electron chi connectivity index (χ0n) is 10.6. The van der Waals surface area contributed by atoms with Crippen LogP contribution < -0.4 is 10.1 Å². The number of piperidine rings is 1. The Labute approximate surface area is 103 Å². The standard InChI is InChI=1S/C14H21NO2/c1-10-7-13(16)11(9-14(10)17-2)8-12-5-3-4-6-15-12/h7,9,12,15-16H,3-6,8H2,1-2H3. The van der Waals surface area contributed by atoms with Crippen molar-refractivity contribution >= 4 is 0 Å². The minimum atomic E-state index is 0.385. The summed E-state index contributed by atoms with van der Waals surface area (Å²) >= 11 is 0. The van der Waals surface area contributed by atoms with Crippen LogP contribution >= 0.6 is 0 Å². The highest BCUT2D eigenvalue weighted by atomic mass is 16.5. The van der Waals surface area contributed by atoms with Crippen LogP contribution in [0.4, 0.5) is 0 Å². The first-order chi connectivity index (χ1) is 8.20. The molecule has 1 heterocycles. The maximum absolute atomic E-state index is 9.96. The summed E-state index contributed by atoms with van der Waals surface area (Å²) in [6.07, 6.45) is 4.61. The zero-order valence-corrected chi connectivity index (χ0v) is 10.6. The Hall–Kier alpha value is -1.22. The molecule has 1 atom stereocenters. The molecular formula is C14H21NO2. The lowest BCUT2D eigenvalue weighted by Crippen LogP contribution is -2.35. The fraction of sp³-hybridized carbons (Fsp3) is 0.571. The van der Waals surface area contributed by atoms with Gasteiger partial charge in [-0.1, -0.05) is 6.42 Å². The third-order valence-corrected chi connectivity index (χ3v) is 3.47. The van der Waals surface area contributed by atoms with Crippen molar-refractivity contribution in [3.63, 3.8) is 0 Å². The summed E-state index contributed by atoms with van der Waals surface area (Å²) in [5, 5.41) is 13.5. The monoisotopic (exact) mass is 235 g/mol. The smallest absolute Gasteiger partial charge is 0.122 e. The van der Waals surface area contributed by atoms with Crippen molar-refractivity contribution in [2.75, 3.05) is 13.7 Å². The van der Waals surface area contributed by atoms with E-state index in [4.69, 9.17) is 4.74 Å². The first-order valence-corrected chi connectivity index (χ1v) is 6.30. The van der Waals surface area contributed by atoms with Crippen LogP contribution in [0.1, 0.15) is 30.4 Å². The van der Waals surface area contributed by atoms with Gasteiger partial charge in [-0.3, -0.25) is 0 Å². The fourth-order valence-electron chi connectivity index (χ4n) is 2.46. The second kappa shape index (κ2) is 5.41. The van der Waals surface area contributed by atoms with Gasteiger partial charge in [0.2, 0.25) is 0 Å². The van der Waals surface area contributed by atoms with Crippen molar-refractivity contribution in [3.8, 4) is 11.5 Å². The Morgan fingerprint density at radius 1 is 1.41 bits per heavy atom. The van der Waals surface area contributed by atoms with Gasteiger partial charge in [0.25, 0.3) is 0 Å². The number of methoxy groups -OCH3 is 1. The molecule has 1 aromatic carbocycles. The summed E-state index contributed by atoms with van der Waals surface area (Å²) in [4.78, 5) is 0. The minimum absolute atomic E-state index is 0.385. The Balaban J connectivity index is 2.13. The molecule has 1 aliphatic rings. The van der Waals surface area contributed by atoms with Crippen LogP contribution in [0.25, 0.3) is 0 Å². The molecule has 94 valence electrons. The molecule has 1 aromatic rings. The second-order valence-electron chi connectivity index (χ2n) is 4.80. The van der Waals surface area contributed by atoms with E-state index in [1.165, 1.54) is 19.3 Å². The number of aromatic hydroxyl groups is 1. The number of phenolic OH excluding ortho intramolecular Hbond substituents is 1. The predicted molar refractivity (Wildman–Crippen MR) is 68.7 cm³/mol. The van der Waals surface area contributed by atoms with E-state index in [9.17, 15) is 5.11 Å². The highest BCUT2D eigenvalue weighted by molar-refractivity contribution is 5.45. The Morgan fingerprint density at radius 2 is 2.24 bits per heavy atom. The van der Waals surface area contributed by atoms with Crippen LogP contribution in [0.15, 0.2) is 12.1 Å². The third kappa shape index (κ3) is 2.91. The molecule has 1 unspecified atom stereocenters. The zero-order chi connectivity index (χ0) is 12.3. The van der Waals surface area contributed by atoms with Crippen molar-refractivity contribution in [1.29, 1.82) is 0 Å². The molecule has 0 radical (unpaired) electrons. The number of nitrogens with one attached hydrogen (secondary N) is 1. The van der Waals surface area contributed by atoms with Gasteiger partial charge in [0, 0.05) is 6.04 Å². The van der Waals surface area contributed by atoms with E-state index in [-0.39, 0.29) is 0 Å². The van der Waals surface area contributed by atoms with Crippen molar-refractivity contribution in [1.82, 2.24) is 5.32 Å². The van der Waals surface area contributed by atoms with Gasteiger partial charge in [0.1, 0.15) is 11.5 Å². The third-order valence-electron chi connectivity index (χ3n) is 3.47. The lowest BCUT2D eigenvalue weighted by atomic mass is 9.96. The van der Waals surface area contributed by atoms with Gasteiger partial charge in [-0.15, -0.1) is 0 Å². The highest BCUT2D eigenvalue weighted by Crippen LogP contribution is 2.29. The average Bonchev–Trinajstić information content (AvgIpc) is 2.34. The molecule has 2 rings (SSSR count). The van der Waals surface area contributed by atoms with Crippen LogP contribution in [0.2, 0.25) is 0 Å². The Kier molecular flexibility index (Phi) is 3.89. The molecule has 1 fully saturated rings. The van der Waals surface area contributed by atoms with Gasteiger partial charge in [0.05, 0.1) is 7.11 Å². The van der Waals surface area contributed by atoms with Crippen LogP contribution in [0.5, 0.6) is 11.5 Å². The van der Waals surface area contributed by atoms with Crippen molar-refractivity contribution in [2.45, 2.75) is 38.6 Å². The predicted octanol–water partition coefficient (Wildman–Crippen LogP) is 2.39. The fourth-order valence-corrected chi connectivity index (χ4v) is 2.46. The van der Waals surface area contributed by atoms with Crippen LogP contribution in [0.3, 0.4) is 0 Å². The number of ether oxygens (including phenoxy) is 1. The molecule has 0 bridgehead atoms. The summed E-state index contributed by atoms with van der Waals surface area (Å²) in [5.74, 6) is 1.24. The molecule has 3 nitrogen and oxygen atoms in total. The molecule has 17 heavy (non-hydrogen) atoms. The van der Waals surface area contributed by atoms with Gasteiger partial charge in [-0.25, -0.2) is 0 Å². The summed E-state index contributed by atoms with van der Waals surface area (Å²) in [6, 6.07) is 4.24. The highest BCUT2D eigenvalue weighted by Gasteiger charge is 2.16. The van der Waals surface area contributed by atoms with E-state index in [1.807, 2.05) is 13.0 Å². The largest absolute Gasteiger partial charge is 0.508 e. The van der Waals surface area contributed by atoms with Gasteiger partial charge < -0.3 is 15.2 Å². The number of rotatable bonds is 3. The number of aryl methyl sites for hydroxylation is 1. The maximum atomic E-state index is 9.96. The molecule has 0 aromatic heterocycles. The quantitative estimate of drug-likeness (QED) is 0.845. The molecule has 1 aliphatic heterocycles. The molecule has 2 N–H and O–H groups in total. The molecule has 0 amide bonds. The van der Waals surface area contributed by atoms with Gasteiger partial charge in [-0.2, -0.15) is 0 Å². The molecule has 1 saturated heterocycles. The normalized spacial score (nSPS) is 20.2. The van der Waals surface area contributed by atoms with Crippen molar-refractivity contribution in [2.24, 2.45) is 0 Å². The van der Waals surface area contributed by atoms with E-state index in [0.29, 0.717) is 11.8 Å². The SMILES string of the molecule is COc1cc(CC2CCCCN2)c(O)cc1C. The van der Waals surface area contributed by atoms with Gasteiger partial charge in [-0.05, 0) is 56.0 Å². The number of hydrogen-bond donors (Lipinski definition) is 2.